The highest BCUT2D eigenvalue weighted by atomic mass is 16.2. The number of carbonyl (C=O) groups is 1. The Hall–Kier alpha value is -0.770. The van der Waals surface area contributed by atoms with Crippen molar-refractivity contribution in [2.75, 3.05) is 32.7 Å². The van der Waals surface area contributed by atoms with Crippen molar-refractivity contribution in [3.8, 4) is 0 Å². The third kappa shape index (κ3) is 4.65. The summed E-state index contributed by atoms with van der Waals surface area (Å²) in [6, 6.07) is 0.544. The van der Waals surface area contributed by atoms with Crippen LogP contribution in [0.2, 0.25) is 0 Å². The van der Waals surface area contributed by atoms with Crippen molar-refractivity contribution >= 4 is 6.03 Å². The van der Waals surface area contributed by atoms with Crippen molar-refractivity contribution in [3.63, 3.8) is 0 Å². The van der Waals surface area contributed by atoms with Crippen LogP contribution in [0.4, 0.5) is 4.79 Å². The molecule has 2 fully saturated rings. The molecule has 1 N–H and O–H groups in total. The van der Waals surface area contributed by atoms with Crippen LogP contribution in [0.5, 0.6) is 0 Å². The molecule has 0 aromatic heterocycles. The maximum atomic E-state index is 12.3. The Morgan fingerprint density at radius 1 is 1.20 bits per heavy atom. The molecule has 116 valence electrons. The van der Waals surface area contributed by atoms with Gasteiger partial charge in [-0.15, -0.1) is 0 Å². The smallest absolute Gasteiger partial charge is 0.317 e. The van der Waals surface area contributed by atoms with Crippen LogP contribution in [0.3, 0.4) is 0 Å². The van der Waals surface area contributed by atoms with Gasteiger partial charge in [0.1, 0.15) is 0 Å². The minimum atomic E-state index is 0.166. The van der Waals surface area contributed by atoms with Crippen molar-refractivity contribution in [1.29, 1.82) is 0 Å². The summed E-state index contributed by atoms with van der Waals surface area (Å²) in [5.41, 5.74) is 0. The molecule has 2 amide bonds. The zero-order chi connectivity index (χ0) is 14.5. The van der Waals surface area contributed by atoms with E-state index in [0.717, 1.165) is 51.4 Å². The number of carbonyl (C=O) groups excluding carboxylic acids is 1. The summed E-state index contributed by atoms with van der Waals surface area (Å²) < 4.78 is 0. The summed E-state index contributed by atoms with van der Waals surface area (Å²) in [7, 11) is 0. The molecular weight excluding hydrogens is 250 g/mol. The van der Waals surface area contributed by atoms with Crippen LogP contribution in [-0.4, -0.2) is 54.6 Å². The number of amides is 2. The zero-order valence-corrected chi connectivity index (χ0v) is 13.4. The number of urea groups is 1. The predicted octanol–water partition coefficient (Wildman–Crippen LogP) is 2.55. The van der Waals surface area contributed by atoms with Crippen molar-refractivity contribution in [1.82, 2.24) is 15.1 Å². The molecule has 0 spiro atoms. The van der Waals surface area contributed by atoms with E-state index in [2.05, 4.69) is 31.0 Å². The van der Waals surface area contributed by atoms with Gasteiger partial charge < -0.3 is 15.1 Å². The lowest BCUT2D eigenvalue weighted by Crippen LogP contribution is -2.51. The Morgan fingerprint density at radius 3 is 2.50 bits per heavy atom. The average Bonchev–Trinajstić information content (AvgIpc) is 2.40. The first-order valence-electron chi connectivity index (χ1n) is 8.32. The molecule has 0 saturated carbocycles. The molecule has 0 aromatic rings. The van der Waals surface area contributed by atoms with Gasteiger partial charge in [-0.3, -0.25) is 0 Å². The second-order valence-electron chi connectivity index (χ2n) is 7.11. The highest BCUT2D eigenvalue weighted by Crippen LogP contribution is 2.17. The quantitative estimate of drug-likeness (QED) is 0.863. The van der Waals surface area contributed by atoms with Crippen LogP contribution in [0.1, 0.15) is 46.5 Å². The lowest BCUT2D eigenvalue weighted by atomic mass is 10.0. The second kappa shape index (κ2) is 7.30. The van der Waals surface area contributed by atoms with E-state index in [4.69, 9.17) is 0 Å². The molecule has 0 bridgehead atoms. The van der Waals surface area contributed by atoms with Gasteiger partial charge in [0.2, 0.25) is 0 Å². The predicted molar refractivity (Wildman–Crippen MR) is 82.8 cm³/mol. The number of hydrogen-bond donors (Lipinski definition) is 1. The van der Waals surface area contributed by atoms with Crippen molar-refractivity contribution in [3.05, 3.63) is 0 Å². The zero-order valence-electron chi connectivity index (χ0n) is 13.4. The fraction of sp³-hybridized carbons (Fsp3) is 0.938. The van der Waals surface area contributed by atoms with E-state index in [0.29, 0.717) is 12.0 Å². The summed E-state index contributed by atoms with van der Waals surface area (Å²) in [6.07, 6.45) is 4.61. The molecule has 2 saturated heterocycles. The Balaban J connectivity index is 1.70. The van der Waals surface area contributed by atoms with Gasteiger partial charge in [0.25, 0.3) is 0 Å². The van der Waals surface area contributed by atoms with E-state index in [1.54, 1.807) is 0 Å². The van der Waals surface area contributed by atoms with E-state index >= 15 is 0 Å². The minimum absolute atomic E-state index is 0.166. The van der Waals surface area contributed by atoms with Gasteiger partial charge in [0, 0.05) is 38.8 Å². The van der Waals surface area contributed by atoms with E-state index in [-0.39, 0.29) is 6.03 Å². The largest absolute Gasteiger partial charge is 0.335 e. The van der Waals surface area contributed by atoms with Crippen LogP contribution in [0, 0.1) is 11.8 Å². The van der Waals surface area contributed by atoms with E-state index < -0.39 is 0 Å². The lowest BCUT2D eigenvalue weighted by molar-refractivity contribution is 0.150. The lowest BCUT2D eigenvalue weighted by Gasteiger charge is -2.36. The summed E-state index contributed by atoms with van der Waals surface area (Å²) in [6.45, 7) is 12.1. The Bertz CT molecular complexity index is 311. The van der Waals surface area contributed by atoms with Gasteiger partial charge in [-0.1, -0.05) is 20.8 Å². The number of likely N-dealkylation sites (tertiary alicyclic amines) is 2. The summed E-state index contributed by atoms with van der Waals surface area (Å²) >= 11 is 0. The molecule has 4 nitrogen and oxygen atoms in total. The molecule has 20 heavy (non-hydrogen) atoms. The van der Waals surface area contributed by atoms with Crippen LogP contribution < -0.4 is 5.32 Å². The van der Waals surface area contributed by atoms with Gasteiger partial charge in [0.15, 0.2) is 0 Å². The molecule has 4 heteroatoms. The van der Waals surface area contributed by atoms with Crippen LogP contribution in [0.25, 0.3) is 0 Å². The number of piperidine rings is 2. The SMILES string of the molecule is CC(C)CN1CCC(NC(=O)N2CCC[C@@H](C)C2)CC1. The van der Waals surface area contributed by atoms with Crippen LogP contribution >= 0.6 is 0 Å². The van der Waals surface area contributed by atoms with Crippen molar-refractivity contribution in [2.45, 2.75) is 52.5 Å². The third-order valence-electron chi connectivity index (χ3n) is 4.48. The fourth-order valence-corrected chi connectivity index (χ4v) is 3.42. The fourth-order valence-electron chi connectivity index (χ4n) is 3.42. The highest BCUT2D eigenvalue weighted by molar-refractivity contribution is 5.74. The number of nitrogens with zero attached hydrogens (tertiary/aromatic N) is 2. The van der Waals surface area contributed by atoms with Gasteiger partial charge in [-0.05, 0) is 37.5 Å². The maximum Gasteiger partial charge on any atom is 0.317 e. The first-order chi connectivity index (χ1) is 9.54. The summed E-state index contributed by atoms with van der Waals surface area (Å²) in [5.74, 6) is 1.39. The molecule has 2 aliphatic heterocycles. The molecule has 2 rings (SSSR count). The summed E-state index contributed by atoms with van der Waals surface area (Å²) in [4.78, 5) is 16.8. The van der Waals surface area contributed by atoms with Gasteiger partial charge in [0.05, 0.1) is 0 Å². The minimum Gasteiger partial charge on any atom is -0.335 e. The molecule has 1 atom stereocenters. The Morgan fingerprint density at radius 2 is 1.90 bits per heavy atom. The molecule has 0 unspecified atom stereocenters. The topological polar surface area (TPSA) is 35.6 Å². The second-order valence-corrected chi connectivity index (χ2v) is 7.11. The van der Waals surface area contributed by atoms with Gasteiger partial charge in [-0.2, -0.15) is 0 Å². The molecular formula is C16H31N3O. The maximum absolute atomic E-state index is 12.3. The normalized spacial score (nSPS) is 26.0. The Labute approximate surface area is 123 Å². The molecule has 2 heterocycles. The molecule has 0 aliphatic carbocycles. The monoisotopic (exact) mass is 281 g/mol. The number of hydrogen-bond acceptors (Lipinski definition) is 2. The molecule has 0 aromatic carbocycles. The van der Waals surface area contributed by atoms with Crippen LogP contribution in [-0.2, 0) is 0 Å². The molecule has 0 radical (unpaired) electrons. The van der Waals surface area contributed by atoms with Gasteiger partial charge >= 0.3 is 6.03 Å². The Kier molecular flexibility index (Phi) is 5.70. The van der Waals surface area contributed by atoms with E-state index in [1.807, 2.05) is 4.90 Å². The van der Waals surface area contributed by atoms with E-state index in [9.17, 15) is 4.79 Å². The highest BCUT2D eigenvalue weighted by Gasteiger charge is 2.25. The number of nitrogens with one attached hydrogen (secondary N) is 1. The third-order valence-corrected chi connectivity index (χ3v) is 4.48. The standard InChI is InChI=1S/C16H31N3O/c1-13(2)11-18-9-6-15(7-10-18)17-16(20)19-8-4-5-14(3)12-19/h13-15H,4-12H2,1-3H3,(H,17,20)/t14-/m1/s1. The molecule has 2 aliphatic rings. The number of rotatable bonds is 3. The first-order valence-corrected chi connectivity index (χ1v) is 8.32. The van der Waals surface area contributed by atoms with E-state index in [1.165, 1.54) is 13.0 Å². The first kappa shape index (κ1) is 15.6. The van der Waals surface area contributed by atoms with Crippen LogP contribution in [0.15, 0.2) is 0 Å². The van der Waals surface area contributed by atoms with Gasteiger partial charge in [-0.25, -0.2) is 4.79 Å². The average molecular weight is 281 g/mol. The summed E-state index contributed by atoms with van der Waals surface area (Å²) in [5, 5.41) is 3.24. The van der Waals surface area contributed by atoms with Crippen molar-refractivity contribution in [2.24, 2.45) is 11.8 Å². The van der Waals surface area contributed by atoms with Crippen molar-refractivity contribution < 1.29 is 4.79 Å².